The van der Waals surface area contributed by atoms with Crippen LogP contribution < -0.4 is 10.6 Å². The largest absolute Gasteiger partial charge is 0.345 e. The van der Waals surface area contributed by atoms with Gasteiger partial charge >= 0.3 is 11.8 Å². The molecule has 2 aliphatic rings. The molecule has 3 rings (SSSR count). The zero-order valence-electron chi connectivity index (χ0n) is 15.6. The maximum atomic E-state index is 12.0. The Labute approximate surface area is 159 Å². The van der Waals surface area contributed by atoms with Crippen LogP contribution in [0.3, 0.4) is 0 Å². The number of amides is 3. The van der Waals surface area contributed by atoms with Gasteiger partial charge in [-0.2, -0.15) is 5.26 Å². The van der Waals surface area contributed by atoms with Crippen molar-refractivity contribution in [2.75, 3.05) is 11.9 Å². The number of nitriles is 1. The van der Waals surface area contributed by atoms with Gasteiger partial charge in [0, 0.05) is 18.3 Å². The van der Waals surface area contributed by atoms with E-state index in [0.29, 0.717) is 19.4 Å². The highest BCUT2D eigenvalue weighted by atomic mass is 16.2. The first kappa shape index (κ1) is 20.4. The molecule has 2 N–H and O–H groups in total. The Morgan fingerprint density at radius 1 is 1.22 bits per heavy atom. The van der Waals surface area contributed by atoms with Crippen LogP contribution in [-0.4, -0.2) is 41.8 Å². The summed E-state index contributed by atoms with van der Waals surface area (Å²) in [5.41, 5.74) is 0.826. The molecule has 0 spiro atoms. The highest BCUT2D eigenvalue weighted by Crippen LogP contribution is 2.23. The fourth-order valence-electron chi connectivity index (χ4n) is 3.44. The number of rotatable bonds is 3. The van der Waals surface area contributed by atoms with Crippen molar-refractivity contribution < 1.29 is 14.4 Å². The number of hydrogen-bond acceptors (Lipinski definition) is 4. The molecule has 144 valence electrons. The van der Waals surface area contributed by atoms with Gasteiger partial charge < -0.3 is 15.5 Å². The lowest BCUT2D eigenvalue weighted by Crippen LogP contribution is -2.47. The quantitative estimate of drug-likeness (QED) is 0.628. The van der Waals surface area contributed by atoms with Crippen LogP contribution in [0, 0.1) is 17.2 Å². The van der Waals surface area contributed by atoms with Gasteiger partial charge in [-0.05, 0) is 37.3 Å². The minimum Gasteiger partial charge on any atom is -0.345 e. The van der Waals surface area contributed by atoms with Gasteiger partial charge in [0.25, 0.3) is 0 Å². The molecule has 0 aromatic heterocycles. The number of carbonyl (C=O) groups is 3. The molecule has 2 atom stereocenters. The van der Waals surface area contributed by atoms with E-state index in [-0.39, 0.29) is 12.0 Å². The molecule has 7 heteroatoms. The van der Waals surface area contributed by atoms with Crippen molar-refractivity contribution in [3.63, 3.8) is 0 Å². The van der Waals surface area contributed by atoms with Gasteiger partial charge in [-0.15, -0.1) is 0 Å². The number of anilines is 1. The minimum atomic E-state index is -0.545. The Balaban J connectivity index is 0.000000244. The molecule has 2 unspecified atom stereocenters. The van der Waals surface area contributed by atoms with Gasteiger partial charge in [0.2, 0.25) is 6.41 Å². The van der Waals surface area contributed by atoms with Crippen LogP contribution in [0.15, 0.2) is 30.3 Å². The van der Waals surface area contributed by atoms with Gasteiger partial charge in [0.05, 0.1) is 6.07 Å². The Hall–Kier alpha value is -2.88. The standard InChI is InChI=1S/C13H19N3O2.C7H7NO/c1-9-6-11(7-14)16(8-9)13(18)12(17)15-10-4-2-3-5-10;9-6-8-7-4-2-1-3-5-7/h9-11H,2-6,8H2,1H3,(H,15,17);1-6H,(H,8,9). The second kappa shape index (κ2) is 10.3. The number of nitrogens with one attached hydrogen (secondary N) is 2. The number of benzene rings is 1. The van der Waals surface area contributed by atoms with Crippen LogP contribution in [0.5, 0.6) is 0 Å². The first-order valence-electron chi connectivity index (χ1n) is 9.31. The molecule has 1 saturated heterocycles. The van der Waals surface area contributed by atoms with Crippen LogP contribution in [0.25, 0.3) is 0 Å². The van der Waals surface area contributed by atoms with E-state index in [1.807, 2.05) is 37.3 Å². The molecule has 1 aromatic rings. The number of carbonyl (C=O) groups excluding carboxylic acids is 3. The molecule has 1 aliphatic heterocycles. The highest BCUT2D eigenvalue weighted by Gasteiger charge is 2.36. The molecule has 1 heterocycles. The van der Waals surface area contributed by atoms with E-state index in [1.165, 1.54) is 4.90 Å². The third-order valence-corrected chi connectivity index (χ3v) is 4.80. The lowest BCUT2D eigenvalue weighted by atomic mass is 10.1. The van der Waals surface area contributed by atoms with Crippen molar-refractivity contribution >= 4 is 23.9 Å². The van der Waals surface area contributed by atoms with Crippen LogP contribution in [0.1, 0.15) is 39.0 Å². The predicted molar refractivity (Wildman–Crippen MR) is 101 cm³/mol. The molecule has 0 radical (unpaired) electrons. The Morgan fingerprint density at radius 3 is 2.48 bits per heavy atom. The summed E-state index contributed by atoms with van der Waals surface area (Å²) >= 11 is 0. The van der Waals surface area contributed by atoms with Crippen molar-refractivity contribution in [3.05, 3.63) is 30.3 Å². The van der Waals surface area contributed by atoms with E-state index < -0.39 is 17.9 Å². The summed E-state index contributed by atoms with van der Waals surface area (Å²) in [4.78, 5) is 35.1. The second-order valence-electron chi connectivity index (χ2n) is 7.03. The van der Waals surface area contributed by atoms with E-state index in [9.17, 15) is 14.4 Å². The van der Waals surface area contributed by atoms with Crippen molar-refractivity contribution in [1.82, 2.24) is 10.2 Å². The van der Waals surface area contributed by atoms with E-state index >= 15 is 0 Å². The maximum absolute atomic E-state index is 12.0. The summed E-state index contributed by atoms with van der Waals surface area (Å²) in [7, 11) is 0. The lowest BCUT2D eigenvalue weighted by Gasteiger charge is -2.20. The third-order valence-electron chi connectivity index (χ3n) is 4.80. The fraction of sp³-hybridized carbons (Fsp3) is 0.500. The van der Waals surface area contributed by atoms with Crippen molar-refractivity contribution in [1.29, 1.82) is 5.26 Å². The summed E-state index contributed by atoms with van der Waals surface area (Å²) in [6.07, 6.45) is 5.46. The SMILES string of the molecule is CC1CC(C#N)N(C(=O)C(=O)NC2CCCC2)C1.O=CNc1ccccc1. The normalized spacial score (nSPS) is 21.6. The van der Waals surface area contributed by atoms with Crippen LogP contribution in [-0.2, 0) is 14.4 Å². The molecule has 1 aromatic carbocycles. The monoisotopic (exact) mass is 370 g/mol. The van der Waals surface area contributed by atoms with E-state index in [0.717, 1.165) is 31.4 Å². The zero-order chi connectivity index (χ0) is 19.6. The van der Waals surface area contributed by atoms with E-state index in [2.05, 4.69) is 16.7 Å². The summed E-state index contributed by atoms with van der Waals surface area (Å²) in [5, 5.41) is 14.3. The molecule has 2 fully saturated rings. The Kier molecular flexibility index (Phi) is 7.80. The average Bonchev–Trinajstić information content (AvgIpc) is 3.32. The molecular weight excluding hydrogens is 344 g/mol. The number of para-hydroxylation sites is 1. The average molecular weight is 370 g/mol. The summed E-state index contributed by atoms with van der Waals surface area (Å²) in [5.74, 6) is -0.799. The Morgan fingerprint density at radius 2 is 1.89 bits per heavy atom. The second-order valence-corrected chi connectivity index (χ2v) is 7.03. The third kappa shape index (κ3) is 6.10. The first-order valence-corrected chi connectivity index (χ1v) is 9.31. The van der Waals surface area contributed by atoms with Crippen molar-refractivity contribution in [2.45, 2.75) is 51.1 Å². The van der Waals surface area contributed by atoms with Gasteiger partial charge in [-0.25, -0.2) is 0 Å². The highest BCUT2D eigenvalue weighted by molar-refractivity contribution is 6.35. The molecular formula is C20H26N4O3. The maximum Gasteiger partial charge on any atom is 0.312 e. The summed E-state index contributed by atoms with van der Waals surface area (Å²) < 4.78 is 0. The molecule has 1 aliphatic carbocycles. The number of nitrogens with zero attached hydrogens (tertiary/aromatic N) is 2. The van der Waals surface area contributed by atoms with Crippen LogP contribution in [0.2, 0.25) is 0 Å². The van der Waals surface area contributed by atoms with Crippen LogP contribution >= 0.6 is 0 Å². The van der Waals surface area contributed by atoms with Crippen molar-refractivity contribution in [3.8, 4) is 6.07 Å². The minimum absolute atomic E-state index is 0.141. The number of hydrogen-bond donors (Lipinski definition) is 2. The van der Waals surface area contributed by atoms with Gasteiger partial charge in [0.15, 0.2) is 0 Å². The van der Waals surface area contributed by atoms with Gasteiger partial charge in [-0.1, -0.05) is 38.0 Å². The fourth-order valence-corrected chi connectivity index (χ4v) is 3.44. The van der Waals surface area contributed by atoms with Gasteiger partial charge in [0.1, 0.15) is 6.04 Å². The van der Waals surface area contributed by atoms with Crippen molar-refractivity contribution in [2.24, 2.45) is 5.92 Å². The van der Waals surface area contributed by atoms with Gasteiger partial charge in [-0.3, -0.25) is 14.4 Å². The first-order chi connectivity index (χ1) is 13.0. The van der Waals surface area contributed by atoms with E-state index in [1.54, 1.807) is 0 Å². The van der Waals surface area contributed by atoms with E-state index in [4.69, 9.17) is 5.26 Å². The summed E-state index contributed by atoms with van der Waals surface area (Å²) in [6.45, 7) is 2.50. The molecule has 7 nitrogen and oxygen atoms in total. The summed E-state index contributed by atoms with van der Waals surface area (Å²) in [6, 6.07) is 11.1. The molecule has 1 saturated carbocycles. The Bertz CT molecular complexity index is 680. The lowest BCUT2D eigenvalue weighted by molar-refractivity contribution is -0.146. The topological polar surface area (TPSA) is 102 Å². The molecule has 3 amide bonds. The molecule has 27 heavy (non-hydrogen) atoms. The van der Waals surface area contributed by atoms with Crippen LogP contribution in [0.4, 0.5) is 5.69 Å². The zero-order valence-corrected chi connectivity index (χ0v) is 15.6. The smallest absolute Gasteiger partial charge is 0.312 e. The number of likely N-dealkylation sites (tertiary alicyclic amines) is 1. The molecule has 0 bridgehead atoms. The predicted octanol–water partition coefficient (Wildman–Crippen LogP) is 2.06.